The topological polar surface area (TPSA) is 82.2 Å². The van der Waals surface area contributed by atoms with E-state index < -0.39 is 0 Å². The molecule has 0 fully saturated rings. The van der Waals surface area contributed by atoms with Crippen molar-refractivity contribution in [2.24, 2.45) is 0 Å². The predicted octanol–water partition coefficient (Wildman–Crippen LogP) is 3.55. The van der Waals surface area contributed by atoms with Crippen molar-refractivity contribution in [2.45, 2.75) is 33.9 Å². The summed E-state index contributed by atoms with van der Waals surface area (Å²) in [6.45, 7) is 6.44. The number of hydrogen-bond donors (Lipinski definition) is 1. The number of amides is 1. The minimum atomic E-state index is -0.301. The van der Waals surface area contributed by atoms with E-state index in [4.69, 9.17) is 9.26 Å². The van der Waals surface area contributed by atoms with Crippen LogP contribution in [0.3, 0.4) is 0 Å². The highest BCUT2D eigenvalue weighted by atomic mass is 79.9. The maximum Gasteiger partial charge on any atom is 0.274 e. The zero-order valence-electron chi connectivity index (χ0n) is 15.7. The zero-order valence-corrected chi connectivity index (χ0v) is 17.3. The Bertz CT molecular complexity index is 977. The fraction of sp³-hybridized carbons (Fsp3) is 0.316. The Hall–Kier alpha value is -2.61. The summed E-state index contributed by atoms with van der Waals surface area (Å²) in [5.74, 6) is 1.01. The number of ether oxygens (including phenoxy) is 1. The Labute approximate surface area is 165 Å². The molecule has 1 aromatic carbocycles. The third-order valence-electron chi connectivity index (χ3n) is 4.29. The van der Waals surface area contributed by atoms with Crippen LogP contribution in [0.4, 0.5) is 0 Å². The van der Waals surface area contributed by atoms with Gasteiger partial charge in [-0.1, -0.05) is 21.1 Å². The molecule has 3 aromatic rings. The van der Waals surface area contributed by atoms with E-state index >= 15 is 0 Å². The lowest BCUT2D eigenvalue weighted by Crippen LogP contribution is -2.25. The first kappa shape index (κ1) is 19.2. The number of carbonyl (C=O) groups excluding carboxylic acids is 1. The van der Waals surface area contributed by atoms with Crippen LogP contribution in [0.15, 0.2) is 33.3 Å². The van der Waals surface area contributed by atoms with Crippen LogP contribution < -0.4 is 10.1 Å². The number of methoxy groups -OCH3 is 1. The molecule has 0 unspecified atom stereocenters. The van der Waals surface area contributed by atoms with Gasteiger partial charge in [0.25, 0.3) is 5.91 Å². The number of carbonyl (C=O) groups is 1. The van der Waals surface area contributed by atoms with E-state index in [1.165, 1.54) is 0 Å². The van der Waals surface area contributed by atoms with Crippen LogP contribution in [-0.2, 0) is 13.1 Å². The molecule has 0 aliphatic rings. The first-order chi connectivity index (χ1) is 12.9. The molecule has 2 aromatic heterocycles. The summed E-state index contributed by atoms with van der Waals surface area (Å²) in [6, 6.07) is 7.63. The second kappa shape index (κ2) is 7.96. The molecular weight excluding hydrogens is 412 g/mol. The molecule has 0 saturated carbocycles. The third kappa shape index (κ3) is 4.21. The number of nitrogens with zero attached hydrogens (tertiary/aromatic N) is 3. The molecule has 0 spiro atoms. The Balaban J connectivity index is 1.78. The number of hydrogen-bond acceptors (Lipinski definition) is 5. The van der Waals surface area contributed by atoms with Gasteiger partial charge in [-0.2, -0.15) is 5.10 Å². The molecular formula is C19H21BrN4O3. The molecule has 0 saturated heterocycles. The molecule has 142 valence electrons. The summed E-state index contributed by atoms with van der Waals surface area (Å²) in [7, 11) is 1.60. The van der Waals surface area contributed by atoms with Gasteiger partial charge < -0.3 is 14.6 Å². The second-order valence-corrected chi connectivity index (χ2v) is 7.21. The number of aryl methyl sites for hydroxylation is 3. The SMILES string of the molecule is COc1ccc(Br)cc1CNC(=O)c1noc(C)c1Cn1nc(C)cc1C. The lowest BCUT2D eigenvalue weighted by molar-refractivity contribution is 0.0940. The van der Waals surface area contributed by atoms with Crippen LogP contribution in [0.5, 0.6) is 5.75 Å². The highest BCUT2D eigenvalue weighted by Gasteiger charge is 2.21. The van der Waals surface area contributed by atoms with E-state index in [2.05, 4.69) is 31.5 Å². The number of rotatable bonds is 6. The van der Waals surface area contributed by atoms with Gasteiger partial charge in [0.1, 0.15) is 11.5 Å². The van der Waals surface area contributed by atoms with E-state index in [0.29, 0.717) is 24.6 Å². The normalized spacial score (nSPS) is 10.9. The molecule has 0 aliphatic heterocycles. The number of benzene rings is 1. The van der Waals surface area contributed by atoms with Crippen molar-refractivity contribution in [3.63, 3.8) is 0 Å². The van der Waals surface area contributed by atoms with Gasteiger partial charge >= 0.3 is 0 Å². The maximum absolute atomic E-state index is 12.7. The number of halogens is 1. The van der Waals surface area contributed by atoms with Crippen molar-refractivity contribution in [2.75, 3.05) is 7.11 Å². The molecule has 3 rings (SSSR count). The minimum absolute atomic E-state index is 0.272. The average molecular weight is 433 g/mol. The van der Waals surface area contributed by atoms with E-state index in [1.807, 2.05) is 42.8 Å². The Kier molecular flexibility index (Phi) is 5.65. The van der Waals surface area contributed by atoms with Gasteiger partial charge in [0.15, 0.2) is 5.69 Å². The van der Waals surface area contributed by atoms with Gasteiger partial charge in [-0.05, 0) is 45.0 Å². The van der Waals surface area contributed by atoms with Crippen LogP contribution in [0.1, 0.15) is 38.8 Å². The first-order valence-corrected chi connectivity index (χ1v) is 9.25. The molecule has 0 atom stereocenters. The van der Waals surface area contributed by atoms with Crippen molar-refractivity contribution in [1.29, 1.82) is 0 Å². The summed E-state index contributed by atoms with van der Waals surface area (Å²) in [6.07, 6.45) is 0. The average Bonchev–Trinajstić information content (AvgIpc) is 3.15. The lowest BCUT2D eigenvalue weighted by atomic mass is 10.1. The van der Waals surface area contributed by atoms with E-state index in [1.54, 1.807) is 14.0 Å². The maximum atomic E-state index is 12.7. The minimum Gasteiger partial charge on any atom is -0.496 e. The molecule has 8 heteroatoms. The molecule has 0 bridgehead atoms. The summed E-state index contributed by atoms with van der Waals surface area (Å²) in [5, 5.41) is 11.3. The largest absolute Gasteiger partial charge is 0.496 e. The first-order valence-electron chi connectivity index (χ1n) is 8.46. The van der Waals surface area contributed by atoms with Crippen molar-refractivity contribution in [1.82, 2.24) is 20.3 Å². The van der Waals surface area contributed by atoms with Crippen molar-refractivity contribution < 1.29 is 14.1 Å². The van der Waals surface area contributed by atoms with Crippen molar-refractivity contribution >= 4 is 21.8 Å². The predicted molar refractivity (Wildman–Crippen MR) is 104 cm³/mol. The van der Waals surface area contributed by atoms with Gasteiger partial charge in [0.2, 0.25) is 0 Å². The van der Waals surface area contributed by atoms with Crippen molar-refractivity contribution in [3.8, 4) is 5.75 Å². The Morgan fingerprint density at radius 2 is 2.07 bits per heavy atom. The van der Waals surface area contributed by atoms with Gasteiger partial charge in [0.05, 0.1) is 19.3 Å². The van der Waals surface area contributed by atoms with Gasteiger partial charge in [0, 0.05) is 27.8 Å². The number of aromatic nitrogens is 3. The fourth-order valence-electron chi connectivity index (χ4n) is 2.89. The van der Waals surface area contributed by atoms with Crippen LogP contribution in [0, 0.1) is 20.8 Å². The molecule has 1 N–H and O–H groups in total. The zero-order chi connectivity index (χ0) is 19.6. The highest BCUT2D eigenvalue weighted by Crippen LogP contribution is 2.23. The Morgan fingerprint density at radius 3 is 2.74 bits per heavy atom. The van der Waals surface area contributed by atoms with E-state index in [-0.39, 0.29) is 11.6 Å². The van der Waals surface area contributed by atoms with E-state index in [9.17, 15) is 4.79 Å². The highest BCUT2D eigenvalue weighted by molar-refractivity contribution is 9.10. The Morgan fingerprint density at radius 1 is 1.30 bits per heavy atom. The van der Waals surface area contributed by atoms with Gasteiger partial charge in [-0.25, -0.2) is 0 Å². The molecule has 7 nitrogen and oxygen atoms in total. The molecule has 2 heterocycles. The van der Waals surface area contributed by atoms with E-state index in [0.717, 1.165) is 27.0 Å². The van der Waals surface area contributed by atoms with Crippen LogP contribution in [0.2, 0.25) is 0 Å². The molecule has 27 heavy (non-hydrogen) atoms. The monoisotopic (exact) mass is 432 g/mol. The smallest absolute Gasteiger partial charge is 0.274 e. The quantitative estimate of drug-likeness (QED) is 0.643. The summed E-state index contributed by atoms with van der Waals surface area (Å²) >= 11 is 3.43. The summed E-state index contributed by atoms with van der Waals surface area (Å²) in [5.41, 5.74) is 3.79. The second-order valence-electron chi connectivity index (χ2n) is 6.29. The van der Waals surface area contributed by atoms with Gasteiger partial charge in [-0.3, -0.25) is 9.48 Å². The van der Waals surface area contributed by atoms with Gasteiger partial charge in [-0.15, -0.1) is 0 Å². The third-order valence-corrected chi connectivity index (χ3v) is 4.79. The molecule has 0 aliphatic carbocycles. The van der Waals surface area contributed by atoms with Crippen LogP contribution in [-0.4, -0.2) is 28.0 Å². The van der Waals surface area contributed by atoms with Crippen LogP contribution in [0.25, 0.3) is 0 Å². The molecule has 0 radical (unpaired) electrons. The van der Waals surface area contributed by atoms with Crippen molar-refractivity contribution in [3.05, 3.63) is 62.7 Å². The standard InChI is InChI=1S/C19H21BrN4O3/c1-11-7-12(2)24(22-11)10-16-13(3)27-23-18(16)19(25)21-9-14-8-15(20)5-6-17(14)26-4/h5-8H,9-10H2,1-4H3,(H,21,25). The lowest BCUT2D eigenvalue weighted by Gasteiger charge is -2.10. The fourth-order valence-corrected chi connectivity index (χ4v) is 3.29. The molecule has 1 amide bonds. The van der Waals surface area contributed by atoms with Crippen LogP contribution >= 0.6 is 15.9 Å². The summed E-state index contributed by atoms with van der Waals surface area (Å²) < 4.78 is 13.4. The summed E-state index contributed by atoms with van der Waals surface area (Å²) in [4.78, 5) is 12.7. The number of nitrogens with one attached hydrogen (secondary N) is 1.